The number of aryl methyl sites for hydroxylation is 1. The molecule has 21 heavy (non-hydrogen) atoms. The Balaban J connectivity index is 2.16. The summed E-state index contributed by atoms with van der Waals surface area (Å²) < 4.78 is 27.5. The van der Waals surface area contributed by atoms with Gasteiger partial charge in [0.1, 0.15) is 5.82 Å². The summed E-state index contributed by atoms with van der Waals surface area (Å²) in [5.41, 5.74) is 1.83. The van der Waals surface area contributed by atoms with Crippen molar-refractivity contribution < 1.29 is 8.42 Å². The van der Waals surface area contributed by atoms with Crippen LogP contribution in [0.5, 0.6) is 0 Å². The van der Waals surface area contributed by atoms with Gasteiger partial charge in [-0.3, -0.25) is 4.72 Å². The van der Waals surface area contributed by atoms with Gasteiger partial charge in [0.05, 0.1) is 17.4 Å². The van der Waals surface area contributed by atoms with Crippen LogP contribution in [0, 0.1) is 18.3 Å². The zero-order valence-electron chi connectivity index (χ0n) is 11.2. The number of pyridine rings is 1. The SMILES string of the molecule is Cc1cc(Br)cnc1NS(=O)(=O)Cc1ccc(C#N)cc1. The third kappa shape index (κ3) is 4.28. The zero-order chi connectivity index (χ0) is 15.5. The van der Waals surface area contributed by atoms with Crippen molar-refractivity contribution in [2.45, 2.75) is 12.7 Å². The first-order valence-electron chi connectivity index (χ1n) is 6.01. The number of nitriles is 1. The van der Waals surface area contributed by atoms with E-state index in [1.165, 1.54) is 6.20 Å². The van der Waals surface area contributed by atoms with Crippen LogP contribution in [0.1, 0.15) is 16.7 Å². The number of sulfonamides is 1. The molecule has 0 radical (unpaired) electrons. The van der Waals surface area contributed by atoms with E-state index < -0.39 is 10.0 Å². The Morgan fingerprint density at radius 3 is 2.57 bits per heavy atom. The average molecular weight is 366 g/mol. The van der Waals surface area contributed by atoms with Gasteiger partial charge in [0.2, 0.25) is 10.0 Å². The Hall–Kier alpha value is -1.91. The molecule has 0 saturated heterocycles. The molecular weight excluding hydrogens is 354 g/mol. The number of hydrogen-bond acceptors (Lipinski definition) is 4. The third-order valence-corrected chi connectivity index (χ3v) is 4.39. The molecular formula is C14H12BrN3O2S. The molecule has 0 bridgehead atoms. The molecule has 2 rings (SSSR count). The highest BCUT2D eigenvalue weighted by Gasteiger charge is 2.14. The summed E-state index contributed by atoms with van der Waals surface area (Å²) in [5, 5.41) is 8.72. The lowest BCUT2D eigenvalue weighted by atomic mass is 10.2. The van der Waals surface area contributed by atoms with Crippen LogP contribution in [-0.2, 0) is 15.8 Å². The van der Waals surface area contributed by atoms with E-state index in [1.54, 1.807) is 37.3 Å². The number of nitrogens with zero attached hydrogens (tertiary/aromatic N) is 2. The van der Waals surface area contributed by atoms with Gasteiger partial charge in [0.25, 0.3) is 0 Å². The maximum atomic E-state index is 12.1. The van der Waals surface area contributed by atoms with Crippen LogP contribution in [0.25, 0.3) is 0 Å². The van der Waals surface area contributed by atoms with E-state index in [9.17, 15) is 8.42 Å². The van der Waals surface area contributed by atoms with Crippen molar-refractivity contribution in [3.05, 3.63) is 57.7 Å². The second-order valence-corrected chi connectivity index (χ2v) is 7.13. The number of benzene rings is 1. The number of halogens is 1. The summed E-state index contributed by atoms with van der Waals surface area (Å²) in [4.78, 5) is 4.05. The van der Waals surface area contributed by atoms with Crippen LogP contribution in [0.3, 0.4) is 0 Å². The van der Waals surface area contributed by atoms with E-state index in [4.69, 9.17) is 5.26 Å². The number of hydrogen-bond donors (Lipinski definition) is 1. The lowest BCUT2D eigenvalue weighted by molar-refractivity contribution is 0.600. The van der Waals surface area contributed by atoms with Gasteiger partial charge in [-0.25, -0.2) is 13.4 Å². The summed E-state index contributed by atoms with van der Waals surface area (Å²) in [6, 6.07) is 10.2. The molecule has 1 heterocycles. The van der Waals surface area contributed by atoms with Gasteiger partial charge in [-0.05, 0) is 52.2 Å². The molecule has 0 saturated carbocycles. The van der Waals surface area contributed by atoms with Gasteiger partial charge in [-0.2, -0.15) is 5.26 Å². The highest BCUT2D eigenvalue weighted by molar-refractivity contribution is 9.10. The van der Waals surface area contributed by atoms with Crippen LogP contribution >= 0.6 is 15.9 Å². The molecule has 0 aliphatic carbocycles. The molecule has 1 aromatic carbocycles. The normalized spacial score (nSPS) is 10.9. The molecule has 7 heteroatoms. The minimum Gasteiger partial charge on any atom is -0.267 e. The van der Waals surface area contributed by atoms with Gasteiger partial charge in [0.15, 0.2) is 0 Å². The molecule has 1 N–H and O–H groups in total. The second-order valence-electron chi connectivity index (χ2n) is 4.49. The lowest BCUT2D eigenvalue weighted by Gasteiger charge is -2.10. The van der Waals surface area contributed by atoms with Crippen LogP contribution in [0.15, 0.2) is 41.0 Å². The number of nitrogens with one attached hydrogen (secondary N) is 1. The van der Waals surface area contributed by atoms with Gasteiger partial charge >= 0.3 is 0 Å². The smallest absolute Gasteiger partial charge is 0.238 e. The first-order chi connectivity index (χ1) is 9.89. The molecule has 0 amide bonds. The predicted molar refractivity (Wildman–Crippen MR) is 84.1 cm³/mol. The fourth-order valence-electron chi connectivity index (χ4n) is 1.73. The highest BCUT2D eigenvalue weighted by atomic mass is 79.9. The monoisotopic (exact) mass is 365 g/mol. The molecule has 2 aromatic rings. The summed E-state index contributed by atoms with van der Waals surface area (Å²) in [6.07, 6.45) is 1.53. The van der Waals surface area contributed by atoms with Crippen LogP contribution < -0.4 is 4.72 Å². The maximum Gasteiger partial charge on any atom is 0.238 e. The zero-order valence-corrected chi connectivity index (χ0v) is 13.6. The predicted octanol–water partition coefficient (Wildman–Crippen LogP) is 2.97. The van der Waals surface area contributed by atoms with E-state index in [0.29, 0.717) is 16.9 Å². The molecule has 0 unspecified atom stereocenters. The number of rotatable bonds is 4. The van der Waals surface area contributed by atoms with E-state index in [1.807, 2.05) is 6.07 Å². The minimum absolute atomic E-state index is 0.171. The van der Waals surface area contributed by atoms with Crippen molar-refractivity contribution in [3.63, 3.8) is 0 Å². The number of aromatic nitrogens is 1. The highest BCUT2D eigenvalue weighted by Crippen LogP contribution is 2.19. The van der Waals surface area contributed by atoms with Crippen molar-refractivity contribution in [1.82, 2.24) is 4.98 Å². The van der Waals surface area contributed by atoms with Crippen molar-refractivity contribution in [1.29, 1.82) is 5.26 Å². The maximum absolute atomic E-state index is 12.1. The Bertz CT molecular complexity index is 796. The molecule has 108 valence electrons. The molecule has 0 aliphatic rings. The largest absolute Gasteiger partial charge is 0.267 e. The molecule has 0 fully saturated rings. The van der Waals surface area contributed by atoms with Crippen LogP contribution in [-0.4, -0.2) is 13.4 Å². The van der Waals surface area contributed by atoms with E-state index in [2.05, 4.69) is 25.6 Å². The standard InChI is InChI=1S/C14H12BrN3O2S/c1-10-6-13(15)8-17-14(10)18-21(19,20)9-12-4-2-11(7-16)3-5-12/h2-6,8H,9H2,1H3,(H,17,18). The fraction of sp³-hybridized carbons (Fsp3) is 0.143. The topological polar surface area (TPSA) is 82.8 Å². The third-order valence-electron chi connectivity index (χ3n) is 2.74. The summed E-state index contributed by atoms with van der Waals surface area (Å²) in [6.45, 7) is 1.78. The van der Waals surface area contributed by atoms with Gasteiger partial charge in [0, 0.05) is 10.7 Å². The first kappa shape index (κ1) is 15.5. The van der Waals surface area contributed by atoms with E-state index >= 15 is 0 Å². The Kier molecular flexibility index (Phi) is 4.60. The molecule has 0 atom stereocenters. The summed E-state index contributed by atoms with van der Waals surface area (Å²) >= 11 is 3.28. The molecule has 1 aromatic heterocycles. The quantitative estimate of drug-likeness (QED) is 0.902. The van der Waals surface area contributed by atoms with Gasteiger partial charge in [-0.15, -0.1) is 0 Å². The first-order valence-corrected chi connectivity index (χ1v) is 8.46. The van der Waals surface area contributed by atoms with Gasteiger partial charge < -0.3 is 0 Å². The Morgan fingerprint density at radius 2 is 2.00 bits per heavy atom. The van der Waals surface area contributed by atoms with Crippen molar-refractivity contribution >= 4 is 31.8 Å². The lowest BCUT2D eigenvalue weighted by Crippen LogP contribution is -2.16. The number of anilines is 1. The average Bonchev–Trinajstić information content (AvgIpc) is 2.42. The molecule has 0 spiro atoms. The molecule has 0 aliphatic heterocycles. The van der Waals surface area contributed by atoms with E-state index in [-0.39, 0.29) is 5.75 Å². The Labute approximate surface area is 131 Å². The minimum atomic E-state index is -3.55. The Morgan fingerprint density at radius 1 is 1.33 bits per heavy atom. The summed E-state index contributed by atoms with van der Waals surface area (Å²) in [7, 11) is -3.55. The van der Waals surface area contributed by atoms with Crippen LogP contribution in [0.4, 0.5) is 5.82 Å². The van der Waals surface area contributed by atoms with Crippen LogP contribution in [0.2, 0.25) is 0 Å². The second kappa shape index (κ2) is 6.24. The summed E-state index contributed by atoms with van der Waals surface area (Å²) in [5.74, 6) is 0.141. The molecule has 5 nitrogen and oxygen atoms in total. The van der Waals surface area contributed by atoms with E-state index in [0.717, 1.165) is 10.0 Å². The van der Waals surface area contributed by atoms with Crippen molar-refractivity contribution in [2.75, 3.05) is 4.72 Å². The van der Waals surface area contributed by atoms with Gasteiger partial charge in [-0.1, -0.05) is 12.1 Å². The van der Waals surface area contributed by atoms with Crippen molar-refractivity contribution in [2.24, 2.45) is 0 Å². The van der Waals surface area contributed by atoms with Crippen molar-refractivity contribution in [3.8, 4) is 6.07 Å². The fourth-order valence-corrected chi connectivity index (χ4v) is 3.38.